The number of anilines is 3. The predicted molar refractivity (Wildman–Crippen MR) is 140 cm³/mol. The zero-order valence-corrected chi connectivity index (χ0v) is 22.1. The van der Waals surface area contributed by atoms with Crippen LogP contribution in [0.2, 0.25) is 0 Å². The summed E-state index contributed by atoms with van der Waals surface area (Å²) in [5.41, 5.74) is 1.53. The third-order valence-electron chi connectivity index (χ3n) is 5.12. The molecule has 0 aliphatic rings. The number of benzene rings is 3. The molecule has 0 aliphatic heterocycles. The van der Waals surface area contributed by atoms with Gasteiger partial charge in [-0.2, -0.15) is 39.5 Å². The molecule has 0 fully saturated rings. The maximum atomic E-state index is 13.7. The Morgan fingerprint density at radius 3 is 1.79 bits per heavy atom. The zero-order valence-electron chi connectivity index (χ0n) is 19.6. The van der Waals surface area contributed by atoms with Gasteiger partial charge in [-0.25, -0.2) is 0 Å². The second kappa shape index (κ2) is 12.3. The molecule has 0 spiro atoms. The third kappa shape index (κ3) is 8.73. The first-order valence-electron chi connectivity index (χ1n) is 10.9. The first-order chi connectivity index (χ1) is 18.1. The smallest absolute Gasteiger partial charge is 0.398 e. The van der Waals surface area contributed by atoms with Crippen molar-refractivity contribution in [2.24, 2.45) is 0 Å². The summed E-state index contributed by atoms with van der Waals surface area (Å²) in [7, 11) is 0. The number of nitrogens with two attached hydrogens (primary N) is 1. The van der Waals surface area contributed by atoms with Gasteiger partial charge in [0.1, 0.15) is 0 Å². The minimum Gasteiger partial charge on any atom is -0.398 e. The van der Waals surface area contributed by atoms with Gasteiger partial charge in [-0.15, -0.1) is 36.2 Å². The molecule has 0 saturated heterocycles. The highest BCUT2D eigenvalue weighted by Gasteiger charge is 2.35. The lowest BCUT2D eigenvalue weighted by Crippen LogP contribution is -2.13. The van der Waals surface area contributed by atoms with Crippen molar-refractivity contribution in [3.05, 3.63) is 71.3 Å². The zero-order chi connectivity index (χ0) is 29.0. The van der Waals surface area contributed by atoms with Gasteiger partial charge < -0.3 is 16.4 Å². The highest BCUT2D eigenvalue weighted by atomic mass is 32.2. The van der Waals surface area contributed by atoms with Crippen molar-refractivity contribution < 1.29 is 39.5 Å². The van der Waals surface area contributed by atoms with E-state index in [0.29, 0.717) is 0 Å². The molecule has 4 N–H and O–H groups in total. The molecule has 0 aliphatic carbocycles. The summed E-state index contributed by atoms with van der Waals surface area (Å²) in [5, 5.41) is 5.22. The van der Waals surface area contributed by atoms with Gasteiger partial charge in [0, 0.05) is 44.0 Å². The number of alkyl halides is 9. The van der Waals surface area contributed by atoms with Gasteiger partial charge in [-0.1, -0.05) is 0 Å². The van der Waals surface area contributed by atoms with Gasteiger partial charge in [-0.3, -0.25) is 0 Å². The average molecular weight is 618 g/mol. The fourth-order valence-corrected chi connectivity index (χ4v) is 5.11. The lowest BCUT2D eigenvalue weighted by Gasteiger charge is -2.17. The van der Waals surface area contributed by atoms with Gasteiger partial charge in [0.15, 0.2) is 0 Å². The van der Waals surface area contributed by atoms with E-state index < -0.39 is 40.9 Å². The normalized spacial score (nSPS) is 12.5. The van der Waals surface area contributed by atoms with Gasteiger partial charge in [0.25, 0.3) is 0 Å². The molecular weight excluding hydrogens is 597 g/mol. The molecule has 0 heterocycles. The third-order valence-corrected chi connectivity index (χ3v) is 7.27. The van der Waals surface area contributed by atoms with Crippen molar-refractivity contribution >= 4 is 53.2 Å². The Hall–Kier alpha value is -2.52. The van der Waals surface area contributed by atoms with Crippen LogP contribution in [0.25, 0.3) is 0 Å². The minimum atomic E-state index is -4.73. The van der Waals surface area contributed by atoms with Gasteiger partial charge in [-0.05, 0) is 54.6 Å². The summed E-state index contributed by atoms with van der Waals surface area (Å²) in [6, 6.07) is 10.2. The monoisotopic (exact) mass is 617 g/mol. The van der Waals surface area contributed by atoms with E-state index in [0.717, 1.165) is 47.8 Å². The Labute approximate surface area is 231 Å². The highest BCUT2D eigenvalue weighted by Crippen LogP contribution is 2.40. The van der Waals surface area contributed by atoms with E-state index in [1.165, 1.54) is 30.3 Å². The quantitative estimate of drug-likeness (QED) is 0.0482. The van der Waals surface area contributed by atoms with Crippen molar-refractivity contribution in [3.63, 3.8) is 0 Å². The molecule has 0 bridgehead atoms. The fourth-order valence-electron chi connectivity index (χ4n) is 3.35. The van der Waals surface area contributed by atoms with Crippen LogP contribution in [0, 0.1) is 0 Å². The van der Waals surface area contributed by atoms with Crippen LogP contribution in [-0.2, 0) is 18.5 Å². The van der Waals surface area contributed by atoms with E-state index in [-0.39, 0.29) is 44.2 Å². The van der Waals surface area contributed by atoms with Crippen molar-refractivity contribution in [3.8, 4) is 0 Å². The molecular formula is C24H20F9N3S3. The van der Waals surface area contributed by atoms with Crippen LogP contribution >= 0.6 is 36.2 Å². The summed E-state index contributed by atoms with van der Waals surface area (Å²) < 4.78 is 120. The van der Waals surface area contributed by atoms with Crippen molar-refractivity contribution in [2.45, 2.75) is 33.2 Å². The summed E-state index contributed by atoms with van der Waals surface area (Å²) in [6.45, 7) is 0.0408. The number of nitrogen functional groups attached to an aromatic ring is 1. The lowest BCUT2D eigenvalue weighted by atomic mass is 10.1. The summed E-state index contributed by atoms with van der Waals surface area (Å²) in [5.74, 6) is 0.00580. The molecule has 3 aromatic carbocycles. The molecule has 3 nitrogen and oxygen atoms in total. The Bertz CT molecular complexity index is 1290. The number of halogens is 9. The number of thioether (sulfide) groups is 2. The van der Waals surface area contributed by atoms with E-state index in [1.807, 2.05) is 0 Å². The topological polar surface area (TPSA) is 50.1 Å². The van der Waals surface area contributed by atoms with Crippen LogP contribution in [0.4, 0.5) is 56.6 Å². The predicted octanol–water partition coefficient (Wildman–Crippen LogP) is 8.98. The number of hydrogen-bond donors (Lipinski definition) is 4. The average Bonchev–Trinajstić information content (AvgIpc) is 2.82. The number of thiol groups is 1. The lowest BCUT2D eigenvalue weighted by molar-refractivity contribution is -0.137. The van der Waals surface area contributed by atoms with Crippen LogP contribution in [0.15, 0.2) is 69.3 Å². The molecule has 15 heteroatoms. The summed E-state index contributed by atoms with van der Waals surface area (Å²) in [6.07, 6.45) is -14.0. The molecule has 212 valence electrons. The Balaban J connectivity index is 1.63. The maximum Gasteiger partial charge on any atom is 0.418 e. The number of nitrogens with one attached hydrogen (secondary N) is 2. The van der Waals surface area contributed by atoms with Crippen molar-refractivity contribution in [2.75, 3.05) is 34.5 Å². The van der Waals surface area contributed by atoms with Crippen LogP contribution in [0.3, 0.4) is 0 Å². The molecule has 3 aromatic rings. The van der Waals surface area contributed by atoms with Gasteiger partial charge in [0.2, 0.25) is 0 Å². The van der Waals surface area contributed by atoms with E-state index in [1.54, 1.807) is 0 Å². The molecule has 0 radical (unpaired) electrons. The SMILES string of the molecule is Nc1ccc(SCNc2ccc(SCCNc3ccc(S)cc3C(F)(F)F)cc2C(F)(F)F)cc1C(F)(F)F. The van der Waals surface area contributed by atoms with Crippen LogP contribution in [0.1, 0.15) is 16.7 Å². The maximum absolute atomic E-state index is 13.7. The Kier molecular flexibility index (Phi) is 9.81. The van der Waals surface area contributed by atoms with Crippen LogP contribution in [0.5, 0.6) is 0 Å². The molecule has 0 amide bonds. The Morgan fingerprint density at radius 1 is 0.641 bits per heavy atom. The van der Waals surface area contributed by atoms with Crippen molar-refractivity contribution in [1.82, 2.24) is 0 Å². The minimum absolute atomic E-state index is 0.0408. The first kappa shape index (κ1) is 31.0. The fraction of sp³-hybridized carbons (Fsp3) is 0.250. The molecule has 0 atom stereocenters. The first-order valence-corrected chi connectivity index (χ1v) is 13.3. The number of hydrogen-bond acceptors (Lipinski definition) is 6. The van der Waals surface area contributed by atoms with E-state index in [2.05, 4.69) is 23.3 Å². The van der Waals surface area contributed by atoms with Gasteiger partial charge >= 0.3 is 18.5 Å². The second-order valence-corrected chi connectivity index (χ2v) is 10.7. The Morgan fingerprint density at radius 2 is 1.15 bits per heavy atom. The van der Waals surface area contributed by atoms with Crippen LogP contribution < -0.4 is 16.4 Å². The van der Waals surface area contributed by atoms with Crippen LogP contribution in [-0.4, -0.2) is 18.2 Å². The second-order valence-electron chi connectivity index (χ2n) is 7.92. The molecule has 39 heavy (non-hydrogen) atoms. The summed E-state index contributed by atoms with van der Waals surface area (Å²) in [4.78, 5) is 0.529. The molecule has 3 rings (SSSR count). The van der Waals surface area contributed by atoms with Gasteiger partial charge in [0.05, 0.1) is 22.6 Å². The highest BCUT2D eigenvalue weighted by molar-refractivity contribution is 7.99. The molecule has 0 aromatic heterocycles. The summed E-state index contributed by atoms with van der Waals surface area (Å²) >= 11 is 5.79. The largest absolute Gasteiger partial charge is 0.418 e. The number of rotatable bonds is 9. The van der Waals surface area contributed by atoms with E-state index in [9.17, 15) is 39.5 Å². The van der Waals surface area contributed by atoms with Crippen molar-refractivity contribution in [1.29, 1.82) is 0 Å². The molecule has 0 saturated carbocycles. The van der Waals surface area contributed by atoms with E-state index in [4.69, 9.17) is 5.73 Å². The standard InChI is InChI=1S/C24H20F9N3S3/c25-22(26,27)16-10-15(2-4-19(16)34)39-12-36-21-6-3-14(11-18(21)24(31,32)33)38-8-7-35-20-5-1-13(37)9-17(20)23(28,29)30/h1-6,9-11,35-37H,7-8,12,34H2. The molecule has 0 unspecified atom stereocenters. The van der Waals surface area contributed by atoms with E-state index >= 15 is 0 Å².